The third-order valence-corrected chi connectivity index (χ3v) is 4.86. The van der Waals surface area contributed by atoms with Crippen LogP contribution in [0.4, 0.5) is 0 Å². The summed E-state index contributed by atoms with van der Waals surface area (Å²) >= 11 is 0. The van der Waals surface area contributed by atoms with E-state index < -0.39 is 0 Å². The molecule has 0 saturated heterocycles. The van der Waals surface area contributed by atoms with Gasteiger partial charge in [0.2, 0.25) is 0 Å². The zero-order chi connectivity index (χ0) is 14.7. The molecule has 1 fully saturated rings. The molecule has 0 amide bonds. The van der Waals surface area contributed by atoms with Crippen LogP contribution in [0.25, 0.3) is 10.8 Å². The predicted molar refractivity (Wildman–Crippen MR) is 90.3 cm³/mol. The van der Waals surface area contributed by atoms with Gasteiger partial charge in [-0.15, -0.1) is 0 Å². The van der Waals surface area contributed by atoms with Gasteiger partial charge in [-0.3, -0.25) is 4.90 Å². The molecular weight excluding hydrogens is 256 g/mol. The SMILES string of the molecule is CCN(Cc1ccc2ccccc2c1)C1CCC(N)CC1. The van der Waals surface area contributed by atoms with E-state index in [-0.39, 0.29) is 0 Å². The van der Waals surface area contributed by atoms with Gasteiger partial charge in [0, 0.05) is 18.6 Å². The van der Waals surface area contributed by atoms with Crippen LogP contribution in [0.15, 0.2) is 42.5 Å². The first kappa shape index (κ1) is 14.6. The molecule has 0 spiro atoms. The van der Waals surface area contributed by atoms with Crippen molar-refractivity contribution >= 4 is 10.8 Å². The lowest BCUT2D eigenvalue weighted by Crippen LogP contribution is -2.40. The minimum absolute atomic E-state index is 0.431. The van der Waals surface area contributed by atoms with Crippen LogP contribution < -0.4 is 5.73 Å². The van der Waals surface area contributed by atoms with E-state index in [9.17, 15) is 0 Å². The van der Waals surface area contributed by atoms with E-state index in [1.165, 1.54) is 42.0 Å². The lowest BCUT2D eigenvalue weighted by atomic mass is 9.90. The molecule has 2 N–H and O–H groups in total. The van der Waals surface area contributed by atoms with Crippen molar-refractivity contribution in [1.82, 2.24) is 4.90 Å². The molecule has 3 rings (SSSR count). The number of benzene rings is 2. The van der Waals surface area contributed by atoms with Crippen LogP contribution in [0.3, 0.4) is 0 Å². The summed E-state index contributed by atoms with van der Waals surface area (Å²) in [7, 11) is 0. The molecule has 0 aliphatic heterocycles. The largest absolute Gasteiger partial charge is 0.328 e. The standard InChI is InChI=1S/C19H26N2/c1-2-21(19-11-9-18(20)10-12-19)14-15-7-8-16-5-3-4-6-17(16)13-15/h3-8,13,18-19H,2,9-12,14,20H2,1H3. The molecule has 0 atom stereocenters. The van der Waals surface area contributed by atoms with Crippen LogP contribution in [0.5, 0.6) is 0 Å². The second-order valence-electron chi connectivity index (χ2n) is 6.31. The molecule has 0 radical (unpaired) electrons. The topological polar surface area (TPSA) is 29.3 Å². The van der Waals surface area contributed by atoms with Crippen LogP contribution >= 0.6 is 0 Å². The fourth-order valence-electron chi connectivity index (χ4n) is 3.54. The summed E-state index contributed by atoms with van der Waals surface area (Å²) in [5.41, 5.74) is 7.46. The zero-order valence-electron chi connectivity index (χ0n) is 13.0. The maximum Gasteiger partial charge on any atom is 0.0236 e. The van der Waals surface area contributed by atoms with Gasteiger partial charge in [0.25, 0.3) is 0 Å². The molecule has 2 aromatic carbocycles. The molecule has 1 aliphatic carbocycles. The fraction of sp³-hybridized carbons (Fsp3) is 0.474. The first-order valence-corrected chi connectivity index (χ1v) is 8.23. The smallest absolute Gasteiger partial charge is 0.0236 e. The molecule has 21 heavy (non-hydrogen) atoms. The molecule has 0 aromatic heterocycles. The highest BCUT2D eigenvalue weighted by molar-refractivity contribution is 5.82. The lowest BCUT2D eigenvalue weighted by molar-refractivity contribution is 0.149. The number of nitrogens with zero attached hydrogens (tertiary/aromatic N) is 1. The summed E-state index contributed by atoms with van der Waals surface area (Å²) in [4.78, 5) is 2.62. The summed E-state index contributed by atoms with van der Waals surface area (Å²) < 4.78 is 0. The number of fused-ring (bicyclic) bond motifs is 1. The minimum Gasteiger partial charge on any atom is -0.328 e. The van der Waals surface area contributed by atoms with E-state index >= 15 is 0 Å². The van der Waals surface area contributed by atoms with Crippen LogP contribution in [-0.4, -0.2) is 23.5 Å². The Morgan fingerprint density at radius 1 is 1.00 bits per heavy atom. The van der Waals surface area contributed by atoms with Crippen molar-refractivity contribution in [3.05, 3.63) is 48.0 Å². The van der Waals surface area contributed by atoms with Gasteiger partial charge in [-0.05, 0) is 54.6 Å². The quantitative estimate of drug-likeness (QED) is 0.920. The highest BCUT2D eigenvalue weighted by Gasteiger charge is 2.23. The maximum absolute atomic E-state index is 6.03. The number of rotatable bonds is 4. The Bertz CT molecular complexity index is 585. The molecule has 2 aromatic rings. The molecular formula is C19H26N2. The third-order valence-electron chi connectivity index (χ3n) is 4.86. The molecule has 2 nitrogen and oxygen atoms in total. The second-order valence-corrected chi connectivity index (χ2v) is 6.31. The first-order chi connectivity index (χ1) is 10.3. The van der Waals surface area contributed by atoms with Gasteiger partial charge in [-0.25, -0.2) is 0 Å². The average molecular weight is 282 g/mol. The number of hydrogen-bond donors (Lipinski definition) is 1. The van der Waals surface area contributed by atoms with Crippen molar-refractivity contribution in [3.63, 3.8) is 0 Å². The van der Waals surface area contributed by atoms with Crippen LogP contribution in [-0.2, 0) is 6.54 Å². The Morgan fingerprint density at radius 3 is 2.43 bits per heavy atom. The van der Waals surface area contributed by atoms with Crippen molar-refractivity contribution in [2.24, 2.45) is 5.73 Å². The molecule has 1 saturated carbocycles. The summed E-state index contributed by atoms with van der Waals surface area (Å²) in [6.45, 7) is 4.45. The van der Waals surface area contributed by atoms with Gasteiger partial charge >= 0.3 is 0 Å². The van der Waals surface area contributed by atoms with E-state index in [1.54, 1.807) is 0 Å². The Hall–Kier alpha value is -1.38. The van der Waals surface area contributed by atoms with Gasteiger partial charge in [-0.2, -0.15) is 0 Å². The van der Waals surface area contributed by atoms with Gasteiger partial charge in [0.05, 0.1) is 0 Å². The van der Waals surface area contributed by atoms with Crippen molar-refractivity contribution in [1.29, 1.82) is 0 Å². The Labute approximate surface area is 127 Å². The Morgan fingerprint density at radius 2 is 1.71 bits per heavy atom. The summed E-state index contributed by atoms with van der Waals surface area (Å²) in [6, 6.07) is 16.6. The molecule has 0 bridgehead atoms. The molecule has 0 heterocycles. The summed E-state index contributed by atoms with van der Waals surface area (Å²) in [5, 5.41) is 2.67. The molecule has 2 heteroatoms. The first-order valence-electron chi connectivity index (χ1n) is 8.23. The second kappa shape index (κ2) is 6.59. The summed E-state index contributed by atoms with van der Waals surface area (Å²) in [5.74, 6) is 0. The van der Waals surface area contributed by atoms with Crippen molar-refractivity contribution in [3.8, 4) is 0 Å². The average Bonchev–Trinajstić information content (AvgIpc) is 2.53. The Balaban J connectivity index is 1.72. The van der Waals surface area contributed by atoms with Gasteiger partial charge in [0.1, 0.15) is 0 Å². The van der Waals surface area contributed by atoms with Gasteiger partial charge in [-0.1, -0.05) is 43.3 Å². The van der Waals surface area contributed by atoms with Gasteiger partial charge in [0.15, 0.2) is 0 Å². The predicted octanol–water partition coefficient (Wildman–Crippen LogP) is 3.93. The fourth-order valence-corrected chi connectivity index (χ4v) is 3.54. The van der Waals surface area contributed by atoms with Crippen molar-refractivity contribution in [2.45, 2.75) is 51.2 Å². The number of nitrogens with two attached hydrogens (primary N) is 1. The van der Waals surface area contributed by atoms with Crippen molar-refractivity contribution in [2.75, 3.05) is 6.54 Å². The highest BCUT2D eigenvalue weighted by Crippen LogP contribution is 2.24. The highest BCUT2D eigenvalue weighted by atomic mass is 15.1. The molecule has 112 valence electrons. The van der Waals surface area contributed by atoms with Crippen LogP contribution in [0.2, 0.25) is 0 Å². The van der Waals surface area contributed by atoms with Crippen LogP contribution in [0, 0.1) is 0 Å². The maximum atomic E-state index is 6.03. The van der Waals surface area contributed by atoms with E-state index in [1.807, 2.05) is 0 Å². The monoisotopic (exact) mass is 282 g/mol. The van der Waals surface area contributed by atoms with Gasteiger partial charge < -0.3 is 5.73 Å². The van der Waals surface area contributed by atoms with E-state index in [4.69, 9.17) is 5.73 Å². The third kappa shape index (κ3) is 3.45. The van der Waals surface area contributed by atoms with E-state index in [0.29, 0.717) is 12.1 Å². The van der Waals surface area contributed by atoms with E-state index in [2.05, 4.69) is 54.3 Å². The lowest BCUT2D eigenvalue weighted by Gasteiger charge is -2.35. The normalized spacial score (nSPS) is 22.8. The summed E-state index contributed by atoms with van der Waals surface area (Å²) in [6.07, 6.45) is 4.86. The van der Waals surface area contributed by atoms with Crippen LogP contribution in [0.1, 0.15) is 38.2 Å². The Kier molecular flexibility index (Phi) is 4.57. The van der Waals surface area contributed by atoms with Crippen molar-refractivity contribution < 1.29 is 0 Å². The van der Waals surface area contributed by atoms with E-state index in [0.717, 1.165) is 13.1 Å². The molecule has 0 unspecified atom stereocenters. The molecule has 1 aliphatic rings. The zero-order valence-corrected chi connectivity index (χ0v) is 13.0. The minimum atomic E-state index is 0.431. The number of hydrogen-bond acceptors (Lipinski definition) is 2.